The summed E-state index contributed by atoms with van der Waals surface area (Å²) < 4.78 is 4.72. The van der Waals surface area contributed by atoms with Crippen LogP contribution in [-0.2, 0) is 14.3 Å². The molecule has 0 aliphatic carbocycles. The first-order valence-electron chi connectivity index (χ1n) is 7.47. The number of hydrogen-bond acceptors (Lipinski definition) is 4. The van der Waals surface area contributed by atoms with Crippen LogP contribution in [-0.4, -0.2) is 24.9 Å². The second-order valence-electron chi connectivity index (χ2n) is 5.42. The number of methoxy groups -OCH3 is 1. The van der Waals surface area contributed by atoms with Crippen LogP contribution in [0.25, 0.3) is 0 Å². The Bertz CT molecular complexity index is 816. The molecule has 1 aliphatic rings. The summed E-state index contributed by atoms with van der Waals surface area (Å²) in [6, 6.07) is 13.8. The first kappa shape index (κ1) is 15.7. The van der Waals surface area contributed by atoms with E-state index in [4.69, 9.17) is 4.74 Å². The van der Waals surface area contributed by atoms with E-state index in [0.717, 1.165) is 5.56 Å². The zero-order chi connectivity index (χ0) is 17.1. The van der Waals surface area contributed by atoms with Crippen LogP contribution < -0.4 is 10.6 Å². The van der Waals surface area contributed by atoms with Gasteiger partial charge in [0.25, 0.3) is 0 Å². The van der Waals surface area contributed by atoms with Crippen molar-refractivity contribution >= 4 is 29.2 Å². The largest absolute Gasteiger partial charge is 0.465 e. The Kier molecular flexibility index (Phi) is 4.29. The van der Waals surface area contributed by atoms with E-state index in [0.29, 0.717) is 11.4 Å². The lowest BCUT2D eigenvalue weighted by Crippen LogP contribution is -2.31. The van der Waals surface area contributed by atoms with Gasteiger partial charge in [-0.2, -0.15) is 0 Å². The molecule has 6 nitrogen and oxygen atoms in total. The summed E-state index contributed by atoms with van der Waals surface area (Å²) in [4.78, 5) is 36.3. The number of anilines is 2. The number of hydrogen-bond donors (Lipinski definition) is 2. The zero-order valence-corrected chi connectivity index (χ0v) is 13.0. The van der Waals surface area contributed by atoms with Gasteiger partial charge in [0, 0.05) is 12.1 Å². The molecule has 122 valence electrons. The molecule has 24 heavy (non-hydrogen) atoms. The van der Waals surface area contributed by atoms with Gasteiger partial charge in [0.05, 0.1) is 24.3 Å². The van der Waals surface area contributed by atoms with Gasteiger partial charge in [-0.05, 0) is 23.8 Å². The summed E-state index contributed by atoms with van der Waals surface area (Å²) in [6.45, 7) is 0. The fraction of sp³-hybridized carbons (Fsp3) is 0.167. The van der Waals surface area contributed by atoms with Gasteiger partial charge >= 0.3 is 5.97 Å². The minimum atomic E-state index is -0.611. The van der Waals surface area contributed by atoms with Gasteiger partial charge in [-0.15, -0.1) is 0 Å². The Hall–Kier alpha value is -3.15. The number of fused-ring (bicyclic) bond motifs is 1. The van der Waals surface area contributed by atoms with Gasteiger partial charge in [0.2, 0.25) is 11.8 Å². The number of para-hydroxylation sites is 2. The molecule has 0 spiro atoms. The molecule has 0 saturated carbocycles. The lowest BCUT2D eigenvalue weighted by molar-refractivity contribution is -0.123. The normalized spacial score (nSPS) is 15.9. The van der Waals surface area contributed by atoms with E-state index in [1.807, 2.05) is 12.1 Å². The lowest BCUT2D eigenvalue weighted by atomic mass is 9.89. The first-order valence-corrected chi connectivity index (χ1v) is 7.47. The minimum Gasteiger partial charge on any atom is -0.465 e. The smallest absolute Gasteiger partial charge is 0.339 e. The average molecular weight is 324 g/mol. The second-order valence-corrected chi connectivity index (χ2v) is 5.42. The molecule has 6 heteroatoms. The number of amides is 2. The highest BCUT2D eigenvalue weighted by molar-refractivity contribution is 6.07. The van der Waals surface area contributed by atoms with Crippen molar-refractivity contribution in [3.8, 4) is 0 Å². The van der Waals surface area contributed by atoms with Gasteiger partial charge in [-0.3, -0.25) is 9.59 Å². The molecule has 0 unspecified atom stereocenters. The lowest BCUT2D eigenvalue weighted by Gasteiger charge is -2.25. The molecule has 0 radical (unpaired) electrons. The maximum absolute atomic E-state index is 12.7. The van der Waals surface area contributed by atoms with Crippen molar-refractivity contribution in [2.45, 2.75) is 12.3 Å². The number of benzene rings is 2. The van der Waals surface area contributed by atoms with Crippen molar-refractivity contribution < 1.29 is 19.1 Å². The van der Waals surface area contributed by atoms with Crippen LogP contribution in [0.4, 0.5) is 11.4 Å². The SMILES string of the molecule is COC(=O)c1ccccc1NC(=O)[C@H]1CC(=O)Nc2ccccc21. The number of nitrogens with one attached hydrogen (secondary N) is 2. The molecule has 2 N–H and O–H groups in total. The van der Waals surface area contributed by atoms with E-state index in [2.05, 4.69) is 10.6 Å². The van der Waals surface area contributed by atoms with Gasteiger partial charge in [-0.1, -0.05) is 30.3 Å². The maximum Gasteiger partial charge on any atom is 0.339 e. The molecule has 1 heterocycles. The van der Waals surface area contributed by atoms with Crippen molar-refractivity contribution in [2.75, 3.05) is 17.7 Å². The molecule has 2 aromatic carbocycles. The molecule has 0 saturated heterocycles. The van der Waals surface area contributed by atoms with Crippen LogP contribution in [0.15, 0.2) is 48.5 Å². The van der Waals surface area contributed by atoms with Crippen LogP contribution in [0, 0.1) is 0 Å². The van der Waals surface area contributed by atoms with E-state index in [-0.39, 0.29) is 23.8 Å². The third-order valence-corrected chi connectivity index (χ3v) is 3.91. The van der Waals surface area contributed by atoms with E-state index < -0.39 is 11.9 Å². The summed E-state index contributed by atoms with van der Waals surface area (Å²) in [5.74, 6) is -1.70. The molecule has 1 aliphatic heterocycles. The zero-order valence-electron chi connectivity index (χ0n) is 13.0. The third-order valence-electron chi connectivity index (χ3n) is 3.91. The quantitative estimate of drug-likeness (QED) is 0.850. The summed E-state index contributed by atoms with van der Waals surface area (Å²) in [5, 5.41) is 5.49. The van der Waals surface area contributed by atoms with E-state index in [9.17, 15) is 14.4 Å². The average Bonchev–Trinajstić information content (AvgIpc) is 2.60. The first-order chi connectivity index (χ1) is 11.6. The number of esters is 1. The predicted octanol–water partition coefficient (Wildman–Crippen LogP) is 2.54. The molecule has 3 rings (SSSR count). The maximum atomic E-state index is 12.7. The van der Waals surface area contributed by atoms with Crippen LogP contribution in [0.5, 0.6) is 0 Å². The molecule has 0 bridgehead atoms. The van der Waals surface area contributed by atoms with Crippen molar-refractivity contribution in [2.24, 2.45) is 0 Å². The van der Waals surface area contributed by atoms with E-state index in [1.165, 1.54) is 7.11 Å². The van der Waals surface area contributed by atoms with Crippen molar-refractivity contribution in [1.29, 1.82) is 0 Å². The Morgan fingerprint density at radius 1 is 1.12 bits per heavy atom. The Morgan fingerprint density at radius 2 is 1.83 bits per heavy atom. The Labute approximate surface area is 138 Å². The van der Waals surface area contributed by atoms with Crippen molar-refractivity contribution in [3.05, 3.63) is 59.7 Å². The minimum absolute atomic E-state index is 0.0588. The van der Waals surface area contributed by atoms with Crippen LogP contribution in [0.3, 0.4) is 0 Å². The number of carbonyl (C=O) groups is 3. The van der Waals surface area contributed by atoms with Gasteiger partial charge in [-0.25, -0.2) is 4.79 Å². The highest BCUT2D eigenvalue weighted by atomic mass is 16.5. The molecule has 0 fully saturated rings. The summed E-state index contributed by atoms with van der Waals surface area (Å²) in [7, 11) is 1.28. The highest BCUT2D eigenvalue weighted by Crippen LogP contribution is 2.33. The Balaban J connectivity index is 1.89. The van der Waals surface area contributed by atoms with Gasteiger partial charge in [0.1, 0.15) is 0 Å². The number of rotatable bonds is 3. The van der Waals surface area contributed by atoms with E-state index >= 15 is 0 Å². The molecule has 2 aromatic rings. The van der Waals surface area contributed by atoms with Gasteiger partial charge < -0.3 is 15.4 Å². The second kappa shape index (κ2) is 6.54. The molecular formula is C18H16N2O4. The summed E-state index contributed by atoms with van der Waals surface area (Å²) >= 11 is 0. The number of carbonyl (C=O) groups excluding carboxylic acids is 3. The van der Waals surface area contributed by atoms with E-state index in [1.54, 1.807) is 36.4 Å². The van der Waals surface area contributed by atoms with Crippen LogP contribution in [0.2, 0.25) is 0 Å². The van der Waals surface area contributed by atoms with Gasteiger partial charge in [0.15, 0.2) is 0 Å². The fourth-order valence-corrected chi connectivity index (χ4v) is 2.75. The third kappa shape index (κ3) is 2.99. The van der Waals surface area contributed by atoms with Crippen LogP contribution in [0.1, 0.15) is 28.3 Å². The number of ether oxygens (including phenoxy) is 1. The standard InChI is InChI=1S/C18H16N2O4/c1-24-18(23)12-7-3-5-9-15(12)20-17(22)13-10-16(21)19-14-8-4-2-6-11(13)14/h2-9,13H,10H2,1H3,(H,19,21)(H,20,22)/t13-/m0/s1. The predicted molar refractivity (Wildman–Crippen MR) is 88.8 cm³/mol. The molecule has 1 atom stereocenters. The van der Waals surface area contributed by atoms with Crippen molar-refractivity contribution in [1.82, 2.24) is 0 Å². The Morgan fingerprint density at radius 3 is 2.62 bits per heavy atom. The topological polar surface area (TPSA) is 84.5 Å². The highest BCUT2D eigenvalue weighted by Gasteiger charge is 2.31. The monoisotopic (exact) mass is 324 g/mol. The molecule has 0 aromatic heterocycles. The summed E-state index contributed by atoms with van der Waals surface area (Å²) in [5.41, 5.74) is 2.01. The fourth-order valence-electron chi connectivity index (χ4n) is 2.75. The van der Waals surface area contributed by atoms with Crippen LogP contribution >= 0.6 is 0 Å². The summed E-state index contributed by atoms with van der Waals surface area (Å²) in [6.07, 6.45) is 0.0588. The molecular weight excluding hydrogens is 308 g/mol. The molecule has 2 amide bonds. The van der Waals surface area contributed by atoms with Crippen molar-refractivity contribution in [3.63, 3.8) is 0 Å².